The molecule has 0 spiro atoms. The summed E-state index contributed by atoms with van der Waals surface area (Å²) in [7, 11) is -7.07. The quantitative estimate of drug-likeness (QED) is 0.0409. The maximum atomic E-state index is 13.6. The van der Waals surface area contributed by atoms with Crippen molar-refractivity contribution in [3.63, 3.8) is 0 Å². The Balaban J connectivity index is 0.000000185. The molecule has 2 atom stereocenters. The summed E-state index contributed by atoms with van der Waals surface area (Å²) >= 11 is 2.39. The van der Waals surface area contributed by atoms with Crippen molar-refractivity contribution in [2.75, 3.05) is 23.0 Å². The topological polar surface area (TPSA) is 291 Å². The van der Waals surface area contributed by atoms with Crippen LogP contribution in [0.25, 0.3) is 11.5 Å². The fourth-order valence-electron chi connectivity index (χ4n) is 5.52. The van der Waals surface area contributed by atoms with Crippen molar-refractivity contribution in [2.24, 2.45) is 15.3 Å². The summed E-state index contributed by atoms with van der Waals surface area (Å²) in [4.78, 5) is 16.6. The van der Waals surface area contributed by atoms with Gasteiger partial charge in [-0.2, -0.15) is 0 Å². The van der Waals surface area contributed by atoms with Crippen LogP contribution in [0.5, 0.6) is 0 Å². The van der Waals surface area contributed by atoms with Crippen LogP contribution in [0.1, 0.15) is 52.9 Å². The molecule has 0 bridgehead atoms. The third-order valence-corrected chi connectivity index (χ3v) is 11.9. The first-order valence-electron chi connectivity index (χ1n) is 15.8. The molecule has 2 aliphatic rings. The van der Waals surface area contributed by atoms with Crippen LogP contribution in [-0.2, 0) is 32.9 Å². The first-order chi connectivity index (χ1) is 25.7. The smallest absolute Gasteiger partial charge is 0.295 e. The monoisotopic (exact) mass is 828 g/mol. The molecule has 0 saturated heterocycles. The van der Waals surface area contributed by atoms with E-state index in [4.69, 9.17) is 24.1 Å². The normalized spacial score (nSPS) is 16.4. The van der Waals surface area contributed by atoms with Crippen LogP contribution in [0.4, 0.5) is 8.78 Å². The Kier molecular flexibility index (Phi) is 11.9. The Morgan fingerprint density at radius 1 is 0.870 bits per heavy atom. The lowest BCUT2D eigenvalue weighted by atomic mass is 9.83. The van der Waals surface area contributed by atoms with Crippen molar-refractivity contribution >= 4 is 49.4 Å². The molecule has 54 heavy (non-hydrogen) atoms. The molecule has 0 fully saturated rings. The van der Waals surface area contributed by atoms with Crippen LogP contribution in [0, 0.1) is 11.6 Å². The van der Waals surface area contributed by atoms with Gasteiger partial charge in [0.1, 0.15) is 11.6 Å². The summed E-state index contributed by atoms with van der Waals surface area (Å²) in [5.41, 5.74) is 5.70. The van der Waals surface area contributed by atoms with Gasteiger partial charge in [-0.05, 0) is 92.8 Å². The van der Waals surface area contributed by atoms with Crippen molar-refractivity contribution in [2.45, 2.75) is 47.8 Å². The number of nitrogens with two attached hydrogens (primary N) is 2. The second-order valence-electron chi connectivity index (χ2n) is 11.8. The van der Waals surface area contributed by atoms with Crippen LogP contribution in [0.3, 0.4) is 0 Å². The van der Waals surface area contributed by atoms with E-state index in [0.717, 1.165) is 16.7 Å². The van der Waals surface area contributed by atoms with Crippen LogP contribution in [-0.4, -0.2) is 81.2 Å². The highest BCUT2D eigenvalue weighted by Crippen LogP contribution is 2.39. The molecule has 2 aromatic carbocycles. The van der Waals surface area contributed by atoms with Gasteiger partial charge in [0.25, 0.3) is 0 Å². The molecule has 2 aliphatic carbocycles. The van der Waals surface area contributed by atoms with Gasteiger partial charge in [-0.3, -0.25) is 20.2 Å². The third kappa shape index (κ3) is 9.39. The van der Waals surface area contributed by atoms with Crippen molar-refractivity contribution in [3.05, 3.63) is 86.5 Å². The Labute approximate surface area is 312 Å². The lowest BCUT2D eigenvalue weighted by molar-refractivity contribution is 0.232. The number of hydrogen-bond acceptors (Lipinski definition) is 17. The Bertz CT molecular complexity index is 2450. The molecular weight excluding hydrogens is 799 g/mol. The van der Waals surface area contributed by atoms with Gasteiger partial charge in [-0.15, -0.1) is 23.5 Å². The van der Waals surface area contributed by atoms with Gasteiger partial charge in [0.15, 0.2) is 27.3 Å². The molecule has 25 heteroatoms. The summed E-state index contributed by atoms with van der Waals surface area (Å²) in [5, 5.41) is 38.8. The SMILES string of the molecule is NS(=O)(=O)CCCSc1nonc1-c1noc(=O)n1[C@H]1Cc2ccc(F)cc21.NS(=O)(=O)CCCSc1nonc1C(=NC1Cc2ccc(F)cc21)NO. The molecule has 1 unspecified atom stereocenters. The zero-order valence-electron chi connectivity index (χ0n) is 27.7. The van der Waals surface area contributed by atoms with Gasteiger partial charge in [0.05, 0.1) is 23.6 Å². The lowest BCUT2D eigenvalue weighted by Crippen LogP contribution is -2.31. The Hall–Kier alpha value is -4.53. The summed E-state index contributed by atoms with van der Waals surface area (Å²) in [6.07, 6.45) is 1.76. The van der Waals surface area contributed by atoms with E-state index >= 15 is 0 Å². The number of aromatic nitrogens is 6. The fourth-order valence-corrected chi connectivity index (χ4v) is 8.65. The fraction of sp³-hybridized carbons (Fsp3) is 0.345. The average molecular weight is 829 g/mol. The summed E-state index contributed by atoms with van der Waals surface area (Å²) < 4.78 is 86.3. The highest BCUT2D eigenvalue weighted by molar-refractivity contribution is 7.99. The average Bonchev–Trinajstić information content (AvgIpc) is 3.85. The predicted molar refractivity (Wildman–Crippen MR) is 188 cm³/mol. The molecule has 5 aromatic rings. The van der Waals surface area contributed by atoms with E-state index in [1.165, 1.54) is 52.4 Å². The second-order valence-corrected chi connectivity index (χ2v) is 17.5. The van der Waals surface area contributed by atoms with E-state index in [1.54, 1.807) is 12.1 Å². The molecule has 3 heterocycles. The minimum absolute atomic E-state index is 0.0418. The number of sulfonamides is 2. The zero-order chi connectivity index (χ0) is 38.6. The lowest BCUT2D eigenvalue weighted by Gasteiger charge is -2.30. The van der Waals surface area contributed by atoms with Crippen LogP contribution in [0.15, 0.2) is 70.0 Å². The van der Waals surface area contributed by atoms with Crippen LogP contribution >= 0.6 is 23.5 Å². The zero-order valence-corrected chi connectivity index (χ0v) is 30.9. The molecule has 0 aliphatic heterocycles. The molecule has 3 aromatic heterocycles. The van der Waals surface area contributed by atoms with E-state index in [2.05, 4.69) is 30.8 Å². The summed E-state index contributed by atoms with van der Waals surface area (Å²) in [5.74, 6) is -0.821. The number of amidine groups is 1. The number of nitrogens with one attached hydrogen (secondary N) is 1. The highest BCUT2D eigenvalue weighted by atomic mass is 32.2. The van der Waals surface area contributed by atoms with Gasteiger partial charge in [-0.1, -0.05) is 17.3 Å². The standard InChI is InChI=1S/C15H14FN5O5S2.C14H16FN5O4S2/c16-9-3-2-8-6-11(10(8)7-9)21-13(19-25-15(21)22)12-14(20-26-18-12)27-4-1-5-28(17,23)24;15-9-3-2-8-6-11(10(8)7-9)17-13(18-21)12-14(20-24-19-12)25-4-1-5-26(16,22)23/h2-3,7,11H,1,4-6H2,(H2,17,23,24);2-3,7,11,21H,1,4-6H2,(H,17,18)(H2,16,22,23)/t11-;/m0./s1. The van der Waals surface area contributed by atoms with Gasteiger partial charge >= 0.3 is 5.76 Å². The van der Waals surface area contributed by atoms with E-state index < -0.39 is 37.7 Å². The van der Waals surface area contributed by atoms with Crippen molar-refractivity contribution in [1.82, 2.24) is 35.8 Å². The number of fused-ring (bicyclic) bond motifs is 2. The van der Waals surface area contributed by atoms with E-state index in [0.29, 0.717) is 52.8 Å². The number of primary sulfonamides is 2. The van der Waals surface area contributed by atoms with E-state index in [-0.39, 0.29) is 46.4 Å². The molecule has 288 valence electrons. The van der Waals surface area contributed by atoms with E-state index in [1.807, 2.05) is 5.48 Å². The summed E-state index contributed by atoms with van der Waals surface area (Å²) in [6, 6.07) is 8.16. The maximum absolute atomic E-state index is 13.6. The van der Waals surface area contributed by atoms with Crippen molar-refractivity contribution in [3.8, 4) is 11.5 Å². The van der Waals surface area contributed by atoms with Crippen molar-refractivity contribution < 1.29 is 44.6 Å². The number of nitrogens with zero attached hydrogens (tertiary/aromatic N) is 7. The molecule has 0 radical (unpaired) electrons. The van der Waals surface area contributed by atoms with Gasteiger partial charge < -0.3 is 0 Å². The van der Waals surface area contributed by atoms with Crippen LogP contribution in [0.2, 0.25) is 0 Å². The number of hydrogen-bond donors (Lipinski definition) is 4. The Morgan fingerprint density at radius 3 is 2.11 bits per heavy atom. The van der Waals surface area contributed by atoms with Gasteiger partial charge in [0, 0.05) is 11.5 Å². The molecule has 6 N–H and O–H groups in total. The Morgan fingerprint density at radius 2 is 1.46 bits per heavy atom. The molecule has 0 saturated carbocycles. The first-order valence-corrected chi connectivity index (χ1v) is 21.2. The molecule has 0 amide bonds. The minimum Gasteiger partial charge on any atom is -0.295 e. The van der Waals surface area contributed by atoms with Crippen LogP contribution < -0.4 is 21.5 Å². The molecule has 7 rings (SSSR count). The van der Waals surface area contributed by atoms with E-state index in [9.17, 15) is 35.6 Å². The van der Waals surface area contributed by atoms with Gasteiger partial charge in [-0.25, -0.2) is 54.5 Å². The number of thioether (sulfide) groups is 2. The predicted octanol–water partition coefficient (Wildman–Crippen LogP) is 1.94. The van der Waals surface area contributed by atoms with Crippen molar-refractivity contribution in [1.29, 1.82) is 0 Å². The first kappa shape index (κ1) is 39.2. The number of hydroxylamine groups is 1. The minimum atomic E-state index is -3.55. The highest BCUT2D eigenvalue weighted by Gasteiger charge is 2.34. The number of rotatable bonds is 14. The largest absolute Gasteiger partial charge is 0.442 e. The molecule has 19 nitrogen and oxygen atoms in total. The third-order valence-electron chi connectivity index (χ3n) is 8.07. The number of halogens is 2. The van der Waals surface area contributed by atoms with Gasteiger partial charge in [0.2, 0.25) is 25.9 Å². The maximum Gasteiger partial charge on any atom is 0.442 e. The summed E-state index contributed by atoms with van der Waals surface area (Å²) in [6.45, 7) is 0. The second kappa shape index (κ2) is 16.5. The number of benzene rings is 2. The molecular formula is C29H30F2N10O9S4. The number of aliphatic imine (C=N–C) groups is 1.